The van der Waals surface area contributed by atoms with Crippen molar-refractivity contribution in [2.75, 3.05) is 44.6 Å². The van der Waals surface area contributed by atoms with Gasteiger partial charge in [-0.05, 0) is 20.4 Å². The van der Waals surface area contributed by atoms with E-state index in [-0.39, 0.29) is 6.03 Å². The lowest BCUT2D eigenvalue weighted by atomic mass is 10.2. The highest BCUT2D eigenvalue weighted by atomic mass is 16.5. The molecule has 0 radical (unpaired) electrons. The molecule has 7 heteroatoms. The van der Waals surface area contributed by atoms with E-state index in [9.17, 15) is 4.79 Å². The number of hydrogen-bond acceptors (Lipinski definition) is 5. The lowest BCUT2D eigenvalue weighted by Gasteiger charge is -2.37. The molecule has 1 fully saturated rings. The minimum atomic E-state index is -0.248. The zero-order valence-corrected chi connectivity index (χ0v) is 13.1. The Labute approximate surface area is 125 Å². The zero-order chi connectivity index (χ0) is 15.2. The Hall–Kier alpha value is -1.60. The van der Waals surface area contributed by atoms with E-state index in [1.54, 1.807) is 13.0 Å². The van der Waals surface area contributed by atoms with Gasteiger partial charge in [0.15, 0.2) is 5.82 Å². The van der Waals surface area contributed by atoms with Gasteiger partial charge in [0.1, 0.15) is 5.76 Å². The van der Waals surface area contributed by atoms with Gasteiger partial charge in [-0.3, -0.25) is 10.2 Å². The number of aromatic nitrogens is 1. The van der Waals surface area contributed by atoms with Crippen molar-refractivity contribution in [3.05, 3.63) is 11.8 Å². The van der Waals surface area contributed by atoms with Crippen molar-refractivity contribution in [2.45, 2.75) is 26.8 Å². The van der Waals surface area contributed by atoms with Crippen LogP contribution in [-0.4, -0.2) is 66.3 Å². The smallest absolute Gasteiger partial charge is 0.320 e. The van der Waals surface area contributed by atoms with E-state index in [2.05, 4.69) is 39.4 Å². The second-order valence-corrected chi connectivity index (χ2v) is 5.48. The van der Waals surface area contributed by atoms with Crippen LogP contribution in [0.25, 0.3) is 0 Å². The number of carbonyl (C=O) groups is 1. The highest BCUT2D eigenvalue weighted by Gasteiger charge is 2.20. The molecule has 118 valence electrons. The third-order valence-corrected chi connectivity index (χ3v) is 3.91. The molecule has 2 heterocycles. The normalized spacial score (nSPS) is 18.4. The van der Waals surface area contributed by atoms with Gasteiger partial charge >= 0.3 is 6.03 Å². The quantitative estimate of drug-likeness (QED) is 0.852. The van der Waals surface area contributed by atoms with E-state index in [0.29, 0.717) is 24.2 Å². The minimum Gasteiger partial charge on any atom is -0.360 e. The first-order chi connectivity index (χ1) is 10.1. The van der Waals surface area contributed by atoms with Crippen LogP contribution in [0.3, 0.4) is 0 Å². The number of nitrogens with one attached hydrogen (secondary N) is 2. The van der Waals surface area contributed by atoms with Crippen LogP contribution in [-0.2, 0) is 0 Å². The van der Waals surface area contributed by atoms with E-state index < -0.39 is 0 Å². The molecule has 1 unspecified atom stereocenters. The molecule has 2 N–H and O–H groups in total. The number of amides is 2. The van der Waals surface area contributed by atoms with Gasteiger partial charge in [0.2, 0.25) is 0 Å². The summed E-state index contributed by atoms with van der Waals surface area (Å²) >= 11 is 0. The summed E-state index contributed by atoms with van der Waals surface area (Å²) in [6.45, 7) is 12.2. The van der Waals surface area contributed by atoms with Gasteiger partial charge < -0.3 is 14.7 Å². The van der Waals surface area contributed by atoms with Gasteiger partial charge in [-0.1, -0.05) is 12.1 Å². The van der Waals surface area contributed by atoms with Crippen LogP contribution >= 0.6 is 0 Å². The maximum atomic E-state index is 11.8. The first-order valence-corrected chi connectivity index (χ1v) is 7.53. The molecule has 21 heavy (non-hydrogen) atoms. The molecule has 1 atom stereocenters. The van der Waals surface area contributed by atoms with E-state index in [4.69, 9.17) is 4.52 Å². The predicted octanol–water partition coefficient (Wildman–Crippen LogP) is 1.13. The summed E-state index contributed by atoms with van der Waals surface area (Å²) in [4.78, 5) is 16.6. The van der Waals surface area contributed by atoms with Crippen molar-refractivity contribution >= 4 is 11.8 Å². The third kappa shape index (κ3) is 4.71. The maximum absolute atomic E-state index is 11.8. The molecular formula is C14H25N5O2. The van der Waals surface area contributed by atoms with Gasteiger partial charge in [-0.15, -0.1) is 0 Å². The molecule has 1 aliphatic rings. The average Bonchev–Trinajstić information content (AvgIpc) is 2.90. The Bertz CT molecular complexity index is 454. The molecule has 0 spiro atoms. The second-order valence-electron chi connectivity index (χ2n) is 5.48. The third-order valence-electron chi connectivity index (χ3n) is 3.91. The molecule has 2 rings (SSSR count). The number of nitrogens with zero attached hydrogens (tertiary/aromatic N) is 3. The van der Waals surface area contributed by atoms with Gasteiger partial charge in [0.25, 0.3) is 0 Å². The Kier molecular flexibility index (Phi) is 5.58. The Morgan fingerprint density at radius 3 is 2.71 bits per heavy atom. The van der Waals surface area contributed by atoms with Gasteiger partial charge in [0.05, 0.1) is 0 Å². The molecule has 1 aromatic rings. The minimum absolute atomic E-state index is 0.248. The number of carbonyl (C=O) groups excluding carboxylic acids is 1. The maximum Gasteiger partial charge on any atom is 0.320 e. The van der Waals surface area contributed by atoms with Gasteiger partial charge in [0, 0.05) is 44.8 Å². The van der Waals surface area contributed by atoms with Crippen molar-refractivity contribution in [1.82, 2.24) is 20.3 Å². The molecule has 2 amide bonds. The summed E-state index contributed by atoms with van der Waals surface area (Å²) in [6.07, 6.45) is 0. The molecule has 0 aromatic carbocycles. The van der Waals surface area contributed by atoms with Crippen molar-refractivity contribution in [3.8, 4) is 0 Å². The molecule has 0 saturated carbocycles. The summed E-state index contributed by atoms with van der Waals surface area (Å²) in [5.41, 5.74) is 0. The molecule has 1 saturated heterocycles. The van der Waals surface area contributed by atoms with Crippen molar-refractivity contribution in [2.24, 2.45) is 0 Å². The fourth-order valence-electron chi connectivity index (χ4n) is 2.48. The van der Waals surface area contributed by atoms with Crippen LogP contribution in [0.2, 0.25) is 0 Å². The fourth-order valence-corrected chi connectivity index (χ4v) is 2.48. The second kappa shape index (κ2) is 7.42. The standard InChI is InChI=1S/C14H25N5O2/c1-4-18-5-7-19(8-6-18)11(2)10-15-14(20)16-13-9-12(3)21-17-13/h9,11H,4-8,10H2,1-3H3,(H2,15,16,17,20). The zero-order valence-electron chi connectivity index (χ0n) is 13.1. The first-order valence-electron chi connectivity index (χ1n) is 7.53. The summed E-state index contributed by atoms with van der Waals surface area (Å²) in [5.74, 6) is 1.11. The number of rotatable bonds is 5. The van der Waals surface area contributed by atoms with Crippen LogP contribution in [0.5, 0.6) is 0 Å². The number of anilines is 1. The van der Waals surface area contributed by atoms with E-state index >= 15 is 0 Å². The van der Waals surface area contributed by atoms with Crippen molar-refractivity contribution in [1.29, 1.82) is 0 Å². The molecular weight excluding hydrogens is 270 g/mol. The van der Waals surface area contributed by atoms with Gasteiger partial charge in [-0.2, -0.15) is 0 Å². The Morgan fingerprint density at radius 2 is 2.14 bits per heavy atom. The predicted molar refractivity (Wildman–Crippen MR) is 81.4 cm³/mol. The van der Waals surface area contributed by atoms with E-state index in [1.165, 1.54) is 0 Å². The average molecular weight is 295 g/mol. The SMILES string of the molecule is CCN1CCN(C(C)CNC(=O)Nc2cc(C)on2)CC1. The van der Waals surface area contributed by atoms with Crippen LogP contribution in [0.4, 0.5) is 10.6 Å². The molecule has 7 nitrogen and oxygen atoms in total. The van der Waals surface area contributed by atoms with E-state index in [1.807, 2.05) is 0 Å². The molecule has 0 bridgehead atoms. The largest absolute Gasteiger partial charge is 0.360 e. The van der Waals surface area contributed by atoms with Crippen LogP contribution < -0.4 is 10.6 Å². The fraction of sp³-hybridized carbons (Fsp3) is 0.714. The Balaban J connectivity index is 1.68. The van der Waals surface area contributed by atoms with E-state index in [0.717, 1.165) is 32.7 Å². The van der Waals surface area contributed by atoms with Crippen molar-refractivity contribution in [3.63, 3.8) is 0 Å². The lowest BCUT2D eigenvalue weighted by molar-refractivity contribution is 0.106. The van der Waals surface area contributed by atoms with Crippen molar-refractivity contribution < 1.29 is 9.32 Å². The van der Waals surface area contributed by atoms with Crippen LogP contribution in [0.15, 0.2) is 10.6 Å². The molecule has 1 aliphatic heterocycles. The summed E-state index contributed by atoms with van der Waals surface area (Å²) < 4.78 is 4.90. The van der Waals surface area contributed by atoms with Crippen LogP contribution in [0.1, 0.15) is 19.6 Å². The topological polar surface area (TPSA) is 73.6 Å². The number of aryl methyl sites for hydroxylation is 1. The number of piperazine rings is 1. The van der Waals surface area contributed by atoms with Gasteiger partial charge in [-0.25, -0.2) is 4.79 Å². The number of likely N-dealkylation sites (N-methyl/N-ethyl adjacent to an activating group) is 1. The number of urea groups is 1. The molecule has 1 aromatic heterocycles. The summed E-state index contributed by atoms with van der Waals surface area (Å²) in [6, 6.07) is 1.77. The monoisotopic (exact) mass is 295 g/mol. The highest BCUT2D eigenvalue weighted by molar-refractivity contribution is 5.88. The number of hydrogen-bond donors (Lipinski definition) is 2. The highest BCUT2D eigenvalue weighted by Crippen LogP contribution is 2.07. The first kappa shape index (κ1) is 15.8. The lowest BCUT2D eigenvalue weighted by Crippen LogP contribution is -2.52. The van der Waals surface area contributed by atoms with Crippen LogP contribution in [0, 0.1) is 6.92 Å². The summed E-state index contributed by atoms with van der Waals surface area (Å²) in [7, 11) is 0. The molecule has 0 aliphatic carbocycles. The Morgan fingerprint density at radius 1 is 1.43 bits per heavy atom. The summed E-state index contributed by atoms with van der Waals surface area (Å²) in [5, 5.41) is 9.26.